The van der Waals surface area contributed by atoms with Crippen LogP contribution < -0.4 is 4.72 Å². The van der Waals surface area contributed by atoms with E-state index in [9.17, 15) is 8.42 Å². The summed E-state index contributed by atoms with van der Waals surface area (Å²) in [6, 6.07) is 22.7. The molecule has 3 aromatic rings. The molecule has 0 unspecified atom stereocenters. The third-order valence-corrected chi connectivity index (χ3v) is 6.67. The fourth-order valence-electron chi connectivity index (χ4n) is 3.27. The lowest BCUT2D eigenvalue weighted by atomic mass is 9.96. The second-order valence-corrected chi connectivity index (χ2v) is 8.99. The molecule has 0 radical (unpaired) electrons. The molecule has 1 N–H and O–H groups in total. The van der Waals surface area contributed by atoms with Gasteiger partial charge in [-0.2, -0.15) is 0 Å². The van der Waals surface area contributed by atoms with E-state index < -0.39 is 15.6 Å². The molecule has 0 heterocycles. The van der Waals surface area contributed by atoms with E-state index in [1.807, 2.05) is 88.4 Å². The Morgan fingerprint density at radius 2 is 1.33 bits per heavy atom. The Morgan fingerprint density at radius 3 is 2.04 bits per heavy atom. The van der Waals surface area contributed by atoms with Crippen LogP contribution in [0.15, 0.2) is 77.7 Å². The SMILES string of the molecule is Cc1cccc(-c2ccccc2S(=O)(=O)NC(C)(C)c2ccccc2)c1C. The van der Waals surface area contributed by atoms with E-state index in [1.165, 1.54) is 0 Å². The molecule has 3 rings (SSSR count). The molecule has 0 aromatic heterocycles. The van der Waals surface area contributed by atoms with Crippen LogP contribution in [0.5, 0.6) is 0 Å². The fourth-order valence-corrected chi connectivity index (χ4v) is 4.90. The lowest BCUT2D eigenvalue weighted by Crippen LogP contribution is -2.41. The van der Waals surface area contributed by atoms with Crippen LogP contribution in [-0.4, -0.2) is 8.42 Å². The van der Waals surface area contributed by atoms with Crippen molar-refractivity contribution in [1.29, 1.82) is 0 Å². The highest BCUT2D eigenvalue weighted by Crippen LogP contribution is 2.32. The maximum absolute atomic E-state index is 13.3. The standard InChI is InChI=1S/C23H25NO2S/c1-17-11-10-15-20(18(17)2)21-14-8-9-16-22(21)27(25,26)24-23(3,4)19-12-6-5-7-13-19/h5-16,24H,1-4H3. The first-order valence-corrected chi connectivity index (χ1v) is 10.5. The molecule has 0 spiro atoms. The highest BCUT2D eigenvalue weighted by Gasteiger charge is 2.29. The van der Waals surface area contributed by atoms with Gasteiger partial charge in [0.15, 0.2) is 0 Å². The van der Waals surface area contributed by atoms with Crippen molar-refractivity contribution in [3.8, 4) is 11.1 Å². The molecule has 0 bridgehead atoms. The Labute approximate surface area is 162 Å². The quantitative estimate of drug-likeness (QED) is 0.663. The molecule has 27 heavy (non-hydrogen) atoms. The van der Waals surface area contributed by atoms with E-state index in [0.29, 0.717) is 4.90 Å². The minimum Gasteiger partial charge on any atom is -0.207 e. The summed E-state index contributed by atoms with van der Waals surface area (Å²) < 4.78 is 29.5. The van der Waals surface area contributed by atoms with Crippen LogP contribution in [0.25, 0.3) is 11.1 Å². The molecule has 0 atom stereocenters. The number of hydrogen-bond donors (Lipinski definition) is 1. The van der Waals surface area contributed by atoms with Crippen LogP contribution in [0.1, 0.15) is 30.5 Å². The van der Waals surface area contributed by atoms with Gasteiger partial charge in [-0.3, -0.25) is 0 Å². The zero-order valence-corrected chi connectivity index (χ0v) is 17.0. The highest BCUT2D eigenvalue weighted by molar-refractivity contribution is 7.89. The Kier molecular flexibility index (Phi) is 5.22. The zero-order valence-electron chi connectivity index (χ0n) is 16.2. The Hall–Kier alpha value is -2.43. The molecular formula is C23H25NO2S. The van der Waals surface area contributed by atoms with Crippen molar-refractivity contribution in [3.63, 3.8) is 0 Å². The number of hydrogen-bond acceptors (Lipinski definition) is 2. The van der Waals surface area contributed by atoms with Crippen molar-refractivity contribution in [2.24, 2.45) is 0 Å². The topological polar surface area (TPSA) is 46.2 Å². The smallest absolute Gasteiger partial charge is 0.207 e. The zero-order chi connectivity index (χ0) is 19.7. The molecule has 4 heteroatoms. The Bertz CT molecular complexity index is 1050. The number of aryl methyl sites for hydroxylation is 1. The van der Waals surface area contributed by atoms with Gasteiger partial charge in [-0.15, -0.1) is 0 Å². The highest BCUT2D eigenvalue weighted by atomic mass is 32.2. The summed E-state index contributed by atoms with van der Waals surface area (Å²) >= 11 is 0. The van der Waals surface area contributed by atoms with Crippen molar-refractivity contribution in [2.45, 2.75) is 38.1 Å². The first-order chi connectivity index (χ1) is 12.7. The van der Waals surface area contributed by atoms with Gasteiger partial charge in [-0.1, -0.05) is 66.7 Å². The molecular weight excluding hydrogens is 354 g/mol. The van der Waals surface area contributed by atoms with Crippen LogP contribution >= 0.6 is 0 Å². The normalized spacial score (nSPS) is 12.1. The van der Waals surface area contributed by atoms with E-state index in [-0.39, 0.29) is 0 Å². The van der Waals surface area contributed by atoms with Gasteiger partial charge in [0.2, 0.25) is 10.0 Å². The average molecular weight is 380 g/mol. The van der Waals surface area contributed by atoms with Gasteiger partial charge in [0.1, 0.15) is 0 Å². The molecule has 0 aliphatic rings. The van der Waals surface area contributed by atoms with Crippen molar-refractivity contribution < 1.29 is 8.42 Å². The van der Waals surface area contributed by atoms with E-state index in [1.54, 1.807) is 12.1 Å². The third-order valence-electron chi connectivity index (χ3n) is 4.96. The third kappa shape index (κ3) is 3.97. The lowest BCUT2D eigenvalue weighted by Gasteiger charge is -2.27. The van der Waals surface area contributed by atoms with Crippen LogP contribution in [0.4, 0.5) is 0 Å². The molecule has 140 valence electrons. The molecule has 0 aliphatic heterocycles. The maximum atomic E-state index is 13.3. The second kappa shape index (κ2) is 7.29. The molecule has 3 nitrogen and oxygen atoms in total. The average Bonchev–Trinajstić information content (AvgIpc) is 2.64. The van der Waals surface area contributed by atoms with Gasteiger partial charge >= 0.3 is 0 Å². The van der Waals surface area contributed by atoms with Gasteiger partial charge in [0, 0.05) is 5.56 Å². The van der Waals surface area contributed by atoms with Gasteiger partial charge in [0.05, 0.1) is 10.4 Å². The summed E-state index contributed by atoms with van der Waals surface area (Å²) in [5.41, 5.74) is 4.07. The van der Waals surface area contributed by atoms with E-state index in [4.69, 9.17) is 0 Å². The van der Waals surface area contributed by atoms with E-state index in [0.717, 1.165) is 27.8 Å². The van der Waals surface area contributed by atoms with Crippen LogP contribution in [0.2, 0.25) is 0 Å². The predicted molar refractivity (Wildman–Crippen MR) is 111 cm³/mol. The van der Waals surface area contributed by atoms with Crippen molar-refractivity contribution in [3.05, 3.63) is 89.5 Å². The predicted octanol–water partition coefficient (Wildman–Crippen LogP) is 5.18. The first-order valence-electron chi connectivity index (χ1n) is 8.97. The van der Waals surface area contributed by atoms with Crippen LogP contribution in [0.3, 0.4) is 0 Å². The number of nitrogens with one attached hydrogen (secondary N) is 1. The fraction of sp³-hybridized carbons (Fsp3) is 0.217. The minimum atomic E-state index is -3.72. The molecule has 0 aliphatic carbocycles. The molecule has 0 fully saturated rings. The van der Waals surface area contributed by atoms with Gasteiger partial charge in [-0.25, -0.2) is 13.1 Å². The summed E-state index contributed by atoms with van der Waals surface area (Å²) in [6.45, 7) is 7.81. The summed E-state index contributed by atoms with van der Waals surface area (Å²) in [7, 11) is -3.72. The summed E-state index contributed by atoms with van der Waals surface area (Å²) in [6.07, 6.45) is 0. The monoisotopic (exact) mass is 379 g/mol. The first kappa shape index (κ1) is 19.3. The lowest BCUT2D eigenvalue weighted by molar-refractivity contribution is 0.472. The minimum absolute atomic E-state index is 0.294. The molecule has 3 aromatic carbocycles. The second-order valence-electron chi connectivity index (χ2n) is 7.34. The largest absolute Gasteiger partial charge is 0.241 e. The number of benzene rings is 3. The van der Waals surface area contributed by atoms with Crippen molar-refractivity contribution >= 4 is 10.0 Å². The molecule has 0 saturated heterocycles. The molecule has 0 saturated carbocycles. The summed E-state index contributed by atoms with van der Waals surface area (Å²) in [5.74, 6) is 0. The van der Waals surface area contributed by atoms with Crippen molar-refractivity contribution in [2.75, 3.05) is 0 Å². The molecule has 0 amide bonds. The van der Waals surface area contributed by atoms with Gasteiger partial charge < -0.3 is 0 Å². The van der Waals surface area contributed by atoms with E-state index in [2.05, 4.69) is 4.72 Å². The van der Waals surface area contributed by atoms with Crippen molar-refractivity contribution in [1.82, 2.24) is 4.72 Å². The Balaban J connectivity index is 2.08. The van der Waals surface area contributed by atoms with Gasteiger partial charge in [-0.05, 0) is 56.0 Å². The summed E-state index contributed by atoms with van der Waals surface area (Å²) in [4.78, 5) is 0.294. The van der Waals surface area contributed by atoms with Crippen LogP contribution in [-0.2, 0) is 15.6 Å². The maximum Gasteiger partial charge on any atom is 0.241 e. The Morgan fingerprint density at radius 1 is 0.741 bits per heavy atom. The van der Waals surface area contributed by atoms with Crippen LogP contribution in [0, 0.1) is 13.8 Å². The van der Waals surface area contributed by atoms with E-state index >= 15 is 0 Å². The number of rotatable bonds is 5. The number of sulfonamides is 1. The van der Waals surface area contributed by atoms with Gasteiger partial charge in [0.25, 0.3) is 0 Å². The summed E-state index contributed by atoms with van der Waals surface area (Å²) in [5, 5.41) is 0.